The van der Waals surface area contributed by atoms with E-state index < -0.39 is 11.7 Å². The highest BCUT2D eigenvalue weighted by Gasteiger charge is 2.37. The molecule has 2 heterocycles. The van der Waals surface area contributed by atoms with Crippen LogP contribution in [0, 0.1) is 13.8 Å². The third kappa shape index (κ3) is 4.10. The van der Waals surface area contributed by atoms with E-state index >= 15 is 0 Å². The van der Waals surface area contributed by atoms with Gasteiger partial charge in [-0.05, 0) is 74.1 Å². The summed E-state index contributed by atoms with van der Waals surface area (Å²) in [6.45, 7) is 6.27. The van der Waals surface area contributed by atoms with Crippen molar-refractivity contribution in [3.63, 3.8) is 0 Å². The molecule has 30 heavy (non-hydrogen) atoms. The molecule has 4 rings (SSSR count). The standard InChI is InChI=1S/C24H27F3N2O/c1-16-6-7-19(14-17(16)2)22-5-3-4-21-15-28(12-13-29(21)22)23(30)18-8-10-20(11-9-18)24(25,26)27/h6-11,14,21-22H,3-5,12-13,15H2,1-2H3. The lowest BCUT2D eigenvalue weighted by Crippen LogP contribution is -2.57. The summed E-state index contributed by atoms with van der Waals surface area (Å²) in [5, 5.41) is 0. The van der Waals surface area contributed by atoms with Gasteiger partial charge in [-0.1, -0.05) is 18.2 Å². The predicted octanol–water partition coefficient (Wildman–Crippen LogP) is 5.37. The number of amides is 1. The van der Waals surface area contributed by atoms with Gasteiger partial charge in [-0.3, -0.25) is 9.69 Å². The van der Waals surface area contributed by atoms with Gasteiger partial charge in [0.15, 0.2) is 0 Å². The third-order valence-electron chi connectivity index (χ3n) is 6.61. The van der Waals surface area contributed by atoms with Crippen molar-refractivity contribution in [2.24, 2.45) is 0 Å². The molecule has 0 radical (unpaired) electrons. The minimum Gasteiger partial charge on any atom is -0.336 e. The van der Waals surface area contributed by atoms with Crippen LogP contribution < -0.4 is 0 Å². The van der Waals surface area contributed by atoms with Gasteiger partial charge in [0.2, 0.25) is 0 Å². The van der Waals surface area contributed by atoms with E-state index in [4.69, 9.17) is 0 Å². The fourth-order valence-electron chi connectivity index (χ4n) is 4.75. The summed E-state index contributed by atoms with van der Waals surface area (Å²) in [6.07, 6.45) is -1.12. The Bertz CT molecular complexity index is 923. The maximum Gasteiger partial charge on any atom is 0.416 e. The van der Waals surface area contributed by atoms with Gasteiger partial charge in [0.1, 0.15) is 0 Å². The molecule has 0 aliphatic carbocycles. The van der Waals surface area contributed by atoms with E-state index in [0.717, 1.165) is 37.9 Å². The van der Waals surface area contributed by atoms with Crippen LogP contribution in [0.3, 0.4) is 0 Å². The number of halogens is 3. The molecule has 0 bridgehead atoms. The van der Waals surface area contributed by atoms with Gasteiger partial charge in [-0.2, -0.15) is 13.2 Å². The van der Waals surface area contributed by atoms with E-state index in [1.165, 1.54) is 28.8 Å². The van der Waals surface area contributed by atoms with Crippen molar-refractivity contribution in [1.82, 2.24) is 9.80 Å². The Hall–Kier alpha value is -2.34. The number of benzene rings is 2. The van der Waals surface area contributed by atoms with Crippen molar-refractivity contribution < 1.29 is 18.0 Å². The van der Waals surface area contributed by atoms with Gasteiger partial charge in [-0.25, -0.2) is 0 Å². The lowest BCUT2D eigenvalue weighted by atomic mass is 9.88. The number of carbonyl (C=O) groups excluding carboxylic acids is 1. The van der Waals surface area contributed by atoms with Crippen LogP contribution in [0.5, 0.6) is 0 Å². The van der Waals surface area contributed by atoms with Gasteiger partial charge in [0.25, 0.3) is 5.91 Å². The maximum absolute atomic E-state index is 12.9. The van der Waals surface area contributed by atoms with Crippen molar-refractivity contribution in [2.75, 3.05) is 19.6 Å². The summed E-state index contributed by atoms with van der Waals surface area (Å²) >= 11 is 0. The Labute approximate surface area is 175 Å². The average molecular weight is 416 g/mol. The maximum atomic E-state index is 12.9. The molecule has 3 nitrogen and oxygen atoms in total. The fourth-order valence-corrected chi connectivity index (χ4v) is 4.75. The lowest BCUT2D eigenvalue weighted by Gasteiger charge is -2.48. The molecule has 1 amide bonds. The van der Waals surface area contributed by atoms with Crippen molar-refractivity contribution in [3.8, 4) is 0 Å². The molecule has 2 aliphatic heterocycles. The molecule has 2 fully saturated rings. The fraction of sp³-hybridized carbons (Fsp3) is 0.458. The number of hydrogen-bond donors (Lipinski definition) is 0. The molecule has 0 spiro atoms. The summed E-state index contributed by atoms with van der Waals surface area (Å²) in [6, 6.07) is 11.9. The highest BCUT2D eigenvalue weighted by atomic mass is 19.4. The topological polar surface area (TPSA) is 23.6 Å². The first kappa shape index (κ1) is 20.9. The number of carbonyl (C=O) groups is 1. The van der Waals surface area contributed by atoms with Gasteiger partial charge >= 0.3 is 6.18 Å². The smallest absolute Gasteiger partial charge is 0.336 e. The van der Waals surface area contributed by atoms with Gasteiger partial charge in [0, 0.05) is 37.3 Å². The predicted molar refractivity (Wildman–Crippen MR) is 110 cm³/mol. The van der Waals surface area contributed by atoms with Crippen LogP contribution in [0.25, 0.3) is 0 Å². The molecule has 0 N–H and O–H groups in total. The molecule has 0 aromatic heterocycles. The summed E-state index contributed by atoms with van der Waals surface area (Å²) in [5.41, 5.74) is 3.51. The second-order valence-corrected chi connectivity index (χ2v) is 8.51. The van der Waals surface area contributed by atoms with E-state index in [1.54, 1.807) is 4.90 Å². The summed E-state index contributed by atoms with van der Waals surface area (Å²) < 4.78 is 38.4. The molecule has 2 aliphatic rings. The number of piperidine rings is 1. The lowest BCUT2D eigenvalue weighted by molar-refractivity contribution is -0.137. The number of nitrogens with zero attached hydrogens (tertiary/aromatic N) is 2. The van der Waals surface area contributed by atoms with Gasteiger partial charge in [-0.15, -0.1) is 0 Å². The number of fused-ring (bicyclic) bond motifs is 1. The number of hydrogen-bond acceptors (Lipinski definition) is 2. The van der Waals surface area contributed by atoms with Crippen molar-refractivity contribution >= 4 is 5.91 Å². The monoisotopic (exact) mass is 416 g/mol. The largest absolute Gasteiger partial charge is 0.416 e. The second-order valence-electron chi connectivity index (χ2n) is 8.51. The molecular formula is C24H27F3N2O. The highest BCUT2D eigenvalue weighted by molar-refractivity contribution is 5.94. The number of alkyl halides is 3. The number of piperazine rings is 1. The van der Waals surface area contributed by atoms with E-state index in [1.807, 2.05) is 0 Å². The van der Waals surface area contributed by atoms with Gasteiger partial charge < -0.3 is 4.90 Å². The molecule has 160 valence electrons. The van der Waals surface area contributed by atoms with E-state index in [-0.39, 0.29) is 11.9 Å². The van der Waals surface area contributed by atoms with Crippen molar-refractivity contribution in [1.29, 1.82) is 0 Å². The average Bonchev–Trinajstić information content (AvgIpc) is 2.74. The van der Waals surface area contributed by atoms with Crippen LogP contribution in [-0.2, 0) is 6.18 Å². The Kier molecular flexibility index (Phi) is 5.62. The van der Waals surface area contributed by atoms with Crippen LogP contribution in [0.4, 0.5) is 13.2 Å². The van der Waals surface area contributed by atoms with Crippen LogP contribution in [0.1, 0.15) is 57.9 Å². The molecular weight excluding hydrogens is 389 g/mol. The zero-order chi connectivity index (χ0) is 21.5. The molecule has 2 unspecified atom stereocenters. The Morgan fingerprint density at radius 2 is 1.70 bits per heavy atom. The quantitative estimate of drug-likeness (QED) is 0.657. The first-order valence-electron chi connectivity index (χ1n) is 10.5. The molecule has 0 saturated carbocycles. The Morgan fingerprint density at radius 3 is 2.37 bits per heavy atom. The minimum atomic E-state index is -4.39. The van der Waals surface area contributed by atoms with E-state index in [9.17, 15) is 18.0 Å². The number of aryl methyl sites for hydroxylation is 2. The zero-order valence-electron chi connectivity index (χ0n) is 17.4. The number of rotatable bonds is 2. The normalized spacial score (nSPS) is 22.6. The molecule has 2 atom stereocenters. The summed E-state index contributed by atoms with van der Waals surface area (Å²) in [4.78, 5) is 17.2. The molecule has 6 heteroatoms. The van der Waals surface area contributed by atoms with Crippen molar-refractivity contribution in [3.05, 3.63) is 70.3 Å². The third-order valence-corrected chi connectivity index (χ3v) is 6.61. The van der Waals surface area contributed by atoms with Crippen LogP contribution in [0.2, 0.25) is 0 Å². The first-order chi connectivity index (χ1) is 14.2. The second kappa shape index (κ2) is 8.06. The summed E-state index contributed by atoms with van der Waals surface area (Å²) in [7, 11) is 0. The first-order valence-corrected chi connectivity index (χ1v) is 10.5. The van der Waals surface area contributed by atoms with E-state index in [2.05, 4.69) is 36.9 Å². The Morgan fingerprint density at radius 1 is 0.967 bits per heavy atom. The van der Waals surface area contributed by atoms with Crippen LogP contribution >= 0.6 is 0 Å². The molecule has 2 aromatic carbocycles. The van der Waals surface area contributed by atoms with Gasteiger partial charge in [0.05, 0.1) is 5.56 Å². The van der Waals surface area contributed by atoms with E-state index in [0.29, 0.717) is 24.7 Å². The Balaban J connectivity index is 1.47. The van der Waals surface area contributed by atoms with Crippen LogP contribution in [0.15, 0.2) is 42.5 Å². The SMILES string of the molecule is Cc1ccc(C2CCCC3CN(C(=O)c4ccc(C(F)(F)F)cc4)CCN32)cc1C. The summed E-state index contributed by atoms with van der Waals surface area (Å²) in [5.74, 6) is -0.184. The van der Waals surface area contributed by atoms with Crippen molar-refractivity contribution in [2.45, 2.75) is 51.4 Å². The zero-order valence-corrected chi connectivity index (χ0v) is 17.4. The highest BCUT2D eigenvalue weighted by Crippen LogP contribution is 2.37. The van der Waals surface area contributed by atoms with Crippen LogP contribution in [-0.4, -0.2) is 41.4 Å². The molecule has 2 aromatic rings. The minimum absolute atomic E-state index is 0.184. The molecule has 2 saturated heterocycles.